The number of thioether (sulfide) groups is 1. The van der Waals surface area contributed by atoms with Crippen molar-refractivity contribution in [3.63, 3.8) is 0 Å². The number of hydrogen-bond donors (Lipinski definition) is 2. The molecule has 1 amide bonds. The average molecular weight is 272 g/mol. The first-order chi connectivity index (χ1) is 8.40. The molecule has 1 aliphatic carbocycles. The number of primary amides is 1. The van der Waals surface area contributed by atoms with E-state index < -0.39 is 23.1 Å². The SMILES string of the molecule is NC(=O)C1(N)CCC(Sc2ccc(F)c(F)c2)C1. The van der Waals surface area contributed by atoms with Crippen molar-refractivity contribution in [2.24, 2.45) is 11.5 Å². The molecule has 0 heterocycles. The van der Waals surface area contributed by atoms with Crippen molar-refractivity contribution < 1.29 is 13.6 Å². The molecular weight excluding hydrogens is 258 g/mol. The van der Waals surface area contributed by atoms with Gasteiger partial charge >= 0.3 is 0 Å². The Hall–Kier alpha value is -1.14. The lowest BCUT2D eigenvalue weighted by Crippen LogP contribution is -2.50. The molecule has 0 bridgehead atoms. The number of amides is 1. The molecule has 18 heavy (non-hydrogen) atoms. The average Bonchev–Trinajstić information content (AvgIpc) is 2.67. The minimum Gasteiger partial charge on any atom is -0.368 e. The molecule has 2 atom stereocenters. The van der Waals surface area contributed by atoms with Gasteiger partial charge in [0.1, 0.15) is 0 Å². The second-order valence-corrected chi connectivity index (χ2v) is 5.95. The van der Waals surface area contributed by atoms with Crippen LogP contribution < -0.4 is 11.5 Å². The number of benzene rings is 1. The maximum atomic E-state index is 13.0. The van der Waals surface area contributed by atoms with Crippen LogP contribution in [0, 0.1) is 11.6 Å². The molecule has 3 nitrogen and oxygen atoms in total. The molecule has 0 aliphatic heterocycles. The minimum atomic E-state index is -0.962. The fourth-order valence-electron chi connectivity index (χ4n) is 2.10. The van der Waals surface area contributed by atoms with Gasteiger partial charge in [0, 0.05) is 10.1 Å². The summed E-state index contributed by atoms with van der Waals surface area (Å²) < 4.78 is 25.8. The summed E-state index contributed by atoms with van der Waals surface area (Å²) in [6.45, 7) is 0. The van der Waals surface area contributed by atoms with Crippen LogP contribution in [-0.2, 0) is 4.79 Å². The van der Waals surface area contributed by atoms with Gasteiger partial charge in [0.05, 0.1) is 5.54 Å². The van der Waals surface area contributed by atoms with Crippen molar-refractivity contribution in [2.45, 2.75) is 34.9 Å². The van der Waals surface area contributed by atoms with Gasteiger partial charge in [0.15, 0.2) is 11.6 Å². The third-order valence-electron chi connectivity index (χ3n) is 3.19. The van der Waals surface area contributed by atoms with E-state index in [4.69, 9.17) is 11.5 Å². The minimum absolute atomic E-state index is 0.104. The van der Waals surface area contributed by atoms with Crippen LogP contribution in [0.1, 0.15) is 19.3 Å². The second kappa shape index (κ2) is 4.85. The van der Waals surface area contributed by atoms with E-state index in [2.05, 4.69) is 0 Å². The number of nitrogens with two attached hydrogens (primary N) is 2. The summed E-state index contributed by atoms with van der Waals surface area (Å²) in [5, 5.41) is 0.104. The molecule has 1 fully saturated rings. The molecular formula is C12H14F2N2OS. The molecule has 2 unspecified atom stereocenters. The maximum Gasteiger partial charge on any atom is 0.237 e. The van der Waals surface area contributed by atoms with Gasteiger partial charge in [-0.05, 0) is 37.5 Å². The van der Waals surface area contributed by atoms with Crippen molar-refractivity contribution in [1.82, 2.24) is 0 Å². The van der Waals surface area contributed by atoms with E-state index in [1.807, 2.05) is 0 Å². The molecule has 0 aromatic heterocycles. The van der Waals surface area contributed by atoms with Crippen molar-refractivity contribution in [2.75, 3.05) is 0 Å². The molecule has 1 saturated carbocycles. The Morgan fingerprint density at radius 2 is 2.11 bits per heavy atom. The molecule has 1 aromatic carbocycles. The number of carbonyl (C=O) groups is 1. The molecule has 0 spiro atoms. The quantitative estimate of drug-likeness (QED) is 0.881. The Morgan fingerprint density at radius 3 is 2.67 bits per heavy atom. The van der Waals surface area contributed by atoms with Crippen molar-refractivity contribution in [3.8, 4) is 0 Å². The Balaban J connectivity index is 2.03. The lowest BCUT2D eigenvalue weighted by molar-refractivity contribution is -0.122. The highest BCUT2D eigenvalue weighted by Crippen LogP contribution is 2.39. The van der Waals surface area contributed by atoms with E-state index in [0.29, 0.717) is 17.7 Å². The molecule has 98 valence electrons. The van der Waals surface area contributed by atoms with Gasteiger partial charge in [0.2, 0.25) is 5.91 Å². The van der Waals surface area contributed by atoms with Crippen LogP contribution in [-0.4, -0.2) is 16.7 Å². The summed E-state index contributed by atoms with van der Waals surface area (Å²) in [4.78, 5) is 11.8. The molecule has 0 saturated heterocycles. The van der Waals surface area contributed by atoms with Gasteiger partial charge in [-0.15, -0.1) is 11.8 Å². The smallest absolute Gasteiger partial charge is 0.237 e. The third kappa shape index (κ3) is 2.64. The standard InChI is InChI=1S/C12H14F2N2OS/c13-9-2-1-7(5-10(9)14)18-8-3-4-12(16,6-8)11(15)17/h1-2,5,8H,3-4,6,16H2,(H2,15,17). The zero-order chi connectivity index (χ0) is 13.3. The van der Waals surface area contributed by atoms with E-state index in [1.165, 1.54) is 17.8 Å². The number of carbonyl (C=O) groups excluding carboxylic acids is 1. The second-order valence-electron chi connectivity index (χ2n) is 4.58. The first-order valence-corrected chi connectivity index (χ1v) is 6.49. The van der Waals surface area contributed by atoms with Crippen LogP contribution in [0.3, 0.4) is 0 Å². The highest BCUT2D eigenvalue weighted by Gasteiger charge is 2.40. The monoisotopic (exact) mass is 272 g/mol. The Morgan fingerprint density at radius 1 is 1.39 bits per heavy atom. The van der Waals surface area contributed by atoms with Crippen LogP contribution in [0.15, 0.2) is 23.1 Å². The molecule has 2 rings (SSSR count). The zero-order valence-electron chi connectivity index (χ0n) is 9.66. The van der Waals surface area contributed by atoms with Gasteiger partial charge in [-0.1, -0.05) is 0 Å². The van der Waals surface area contributed by atoms with E-state index in [-0.39, 0.29) is 5.25 Å². The normalized spacial score (nSPS) is 27.4. The fraction of sp³-hybridized carbons (Fsp3) is 0.417. The van der Waals surface area contributed by atoms with Crippen LogP contribution in [0.5, 0.6) is 0 Å². The summed E-state index contributed by atoms with van der Waals surface area (Å²) >= 11 is 1.40. The molecule has 4 N–H and O–H groups in total. The van der Waals surface area contributed by atoms with Gasteiger partial charge in [-0.3, -0.25) is 4.79 Å². The van der Waals surface area contributed by atoms with Crippen molar-refractivity contribution in [1.29, 1.82) is 0 Å². The molecule has 0 radical (unpaired) electrons. The maximum absolute atomic E-state index is 13.0. The number of halogens is 2. The predicted molar refractivity (Wildman–Crippen MR) is 66.0 cm³/mol. The third-order valence-corrected chi connectivity index (χ3v) is 4.45. The molecule has 6 heteroatoms. The molecule has 1 aliphatic rings. The summed E-state index contributed by atoms with van der Waals surface area (Å²) in [5.74, 6) is -2.24. The zero-order valence-corrected chi connectivity index (χ0v) is 10.5. The topological polar surface area (TPSA) is 69.1 Å². The Kier molecular flexibility index (Phi) is 3.59. The molecule has 1 aromatic rings. The highest BCUT2D eigenvalue weighted by molar-refractivity contribution is 8.00. The first-order valence-electron chi connectivity index (χ1n) is 5.61. The predicted octanol–water partition coefficient (Wildman–Crippen LogP) is 1.79. The van der Waals surface area contributed by atoms with E-state index in [9.17, 15) is 13.6 Å². The van der Waals surface area contributed by atoms with E-state index in [1.54, 1.807) is 0 Å². The van der Waals surface area contributed by atoms with E-state index >= 15 is 0 Å². The number of hydrogen-bond acceptors (Lipinski definition) is 3. The van der Waals surface area contributed by atoms with E-state index in [0.717, 1.165) is 18.6 Å². The van der Waals surface area contributed by atoms with Gasteiger partial charge in [-0.2, -0.15) is 0 Å². The summed E-state index contributed by atoms with van der Waals surface area (Å²) in [6, 6.07) is 3.76. The van der Waals surface area contributed by atoms with Crippen LogP contribution in [0.4, 0.5) is 8.78 Å². The number of rotatable bonds is 3. The van der Waals surface area contributed by atoms with Gasteiger partial charge < -0.3 is 11.5 Å². The van der Waals surface area contributed by atoms with Gasteiger partial charge in [0.25, 0.3) is 0 Å². The summed E-state index contributed by atoms with van der Waals surface area (Å²) in [7, 11) is 0. The Labute approximate surface area is 108 Å². The lowest BCUT2D eigenvalue weighted by atomic mass is 9.99. The first kappa shape index (κ1) is 13.3. The van der Waals surface area contributed by atoms with Gasteiger partial charge in [-0.25, -0.2) is 8.78 Å². The largest absolute Gasteiger partial charge is 0.368 e. The van der Waals surface area contributed by atoms with Crippen LogP contribution in [0.2, 0.25) is 0 Å². The van der Waals surface area contributed by atoms with Crippen LogP contribution in [0.25, 0.3) is 0 Å². The summed E-state index contributed by atoms with van der Waals surface area (Å²) in [6.07, 6.45) is 1.73. The van der Waals surface area contributed by atoms with Crippen LogP contribution >= 0.6 is 11.8 Å². The Bertz CT molecular complexity index is 483. The highest BCUT2D eigenvalue weighted by atomic mass is 32.2. The summed E-state index contributed by atoms with van der Waals surface area (Å²) in [5.41, 5.74) is 10.2. The fourth-order valence-corrected chi connectivity index (χ4v) is 3.42. The van der Waals surface area contributed by atoms with Crippen molar-refractivity contribution >= 4 is 17.7 Å². The van der Waals surface area contributed by atoms with Crippen molar-refractivity contribution in [3.05, 3.63) is 29.8 Å². The lowest BCUT2D eigenvalue weighted by Gasteiger charge is -2.19.